The lowest BCUT2D eigenvalue weighted by atomic mass is 9.42. The third kappa shape index (κ3) is 4.57. The van der Waals surface area contributed by atoms with Crippen molar-refractivity contribution < 1.29 is 15.3 Å². The Hall–Kier alpha value is -3.20. The third-order valence-electron chi connectivity index (χ3n) is 8.64. The van der Waals surface area contributed by atoms with Gasteiger partial charge in [0.15, 0.2) is 0 Å². The molecule has 3 heteroatoms. The quantitative estimate of drug-likeness (QED) is 0.351. The van der Waals surface area contributed by atoms with Crippen LogP contribution in [0.5, 0.6) is 17.2 Å². The molecular weight excluding hydrogens is 432 g/mol. The average Bonchev–Trinajstić information content (AvgIpc) is 2.86. The standard InChI is InChI=1S/C22H24O2.C10H12O/c23-20-5-1-16(2-6-20)22(17-3-7-21(24)8-4-17)18-10-14-9-15(12-18)13-19(22)11-14;1-2-3-4-9-5-7-10(11)8-6-9/h1-8,14-15,18-19,23-24H,9-13H2;2-3,5-8,11H,4H2,1H3. The minimum atomic E-state index is 0.0504. The Kier molecular flexibility index (Phi) is 6.60. The minimum Gasteiger partial charge on any atom is -0.508 e. The zero-order valence-corrected chi connectivity index (χ0v) is 20.5. The fraction of sp³-hybridized carbons (Fsp3) is 0.375. The van der Waals surface area contributed by atoms with Crippen LogP contribution in [0.3, 0.4) is 0 Å². The van der Waals surface area contributed by atoms with Gasteiger partial charge in [-0.2, -0.15) is 0 Å². The van der Waals surface area contributed by atoms with Gasteiger partial charge in [-0.3, -0.25) is 0 Å². The van der Waals surface area contributed by atoms with Gasteiger partial charge in [-0.15, -0.1) is 0 Å². The normalized spacial score (nSPS) is 25.9. The van der Waals surface area contributed by atoms with E-state index in [4.69, 9.17) is 5.11 Å². The molecule has 7 rings (SSSR count). The lowest BCUT2D eigenvalue weighted by Crippen LogP contribution is -2.56. The van der Waals surface area contributed by atoms with Crippen molar-refractivity contribution in [2.75, 3.05) is 0 Å². The van der Waals surface area contributed by atoms with Crippen molar-refractivity contribution in [3.63, 3.8) is 0 Å². The van der Waals surface area contributed by atoms with Crippen molar-refractivity contribution in [3.8, 4) is 17.2 Å². The summed E-state index contributed by atoms with van der Waals surface area (Å²) in [6.45, 7) is 2.00. The van der Waals surface area contributed by atoms with Crippen LogP contribution in [0, 0.1) is 23.7 Å². The molecule has 4 bridgehead atoms. The van der Waals surface area contributed by atoms with E-state index in [1.54, 1.807) is 12.1 Å². The summed E-state index contributed by atoms with van der Waals surface area (Å²) in [6, 6.07) is 23.1. The van der Waals surface area contributed by atoms with Crippen molar-refractivity contribution in [1.82, 2.24) is 0 Å². The summed E-state index contributed by atoms with van der Waals surface area (Å²) in [6.07, 6.45) is 11.8. The maximum atomic E-state index is 9.76. The minimum absolute atomic E-state index is 0.0504. The van der Waals surface area contributed by atoms with Gasteiger partial charge in [0.25, 0.3) is 0 Å². The highest BCUT2D eigenvalue weighted by Crippen LogP contribution is 2.65. The van der Waals surface area contributed by atoms with Crippen molar-refractivity contribution in [3.05, 3.63) is 102 Å². The average molecular weight is 469 g/mol. The highest BCUT2D eigenvalue weighted by molar-refractivity contribution is 5.46. The molecule has 35 heavy (non-hydrogen) atoms. The molecule has 182 valence electrons. The van der Waals surface area contributed by atoms with Gasteiger partial charge in [0.2, 0.25) is 0 Å². The van der Waals surface area contributed by atoms with Crippen molar-refractivity contribution in [2.45, 2.75) is 50.9 Å². The predicted molar refractivity (Wildman–Crippen MR) is 141 cm³/mol. The smallest absolute Gasteiger partial charge is 0.115 e. The van der Waals surface area contributed by atoms with Crippen molar-refractivity contribution >= 4 is 0 Å². The molecule has 0 aliphatic heterocycles. The van der Waals surface area contributed by atoms with Gasteiger partial charge in [0.1, 0.15) is 17.2 Å². The second kappa shape index (κ2) is 9.81. The van der Waals surface area contributed by atoms with Crippen LogP contribution in [0.2, 0.25) is 0 Å². The summed E-state index contributed by atoms with van der Waals surface area (Å²) < 4.78 is 0. The number of allylic oxidation sites excluding steroid dienone is 2. The van der Waals surface area contributed by atoms with Gasteiger partial charge in [-0.05, 0) is 122 Å². The number of phenols is 3. The van der Waals surface area contributed by atoms with Crippen LogP contribution >= 0.6 is 0 Å². The monoisotopic (exact) mass is 468 g/mol. The van der Waals surface area contributed by atoms with Crippen LogP contribution in [-0.2, 0) is 11.8 Å². The van der Waals surface area contributed by atoms with Gasteiger partial charge in [0, 0.05) is 5.41 Å². The Morgan fingerprint density at radius 2 is 1.03 bits per heavy atom. The van der Waals surface area contributed by atoms with E-state index in [2.05, 4.69) is 30.3 Å². The summed E-state index contributed by atoms with van der Waals surface area (Å²) in [4.78, 5) is 0. The molecular formula is C32H36O3. The van der Waals surface area contributed by atoms with Gasteiger partial charge in [-0.25, -0.2) is 0 Å². The van der Waals surface area contributed by atoms with Gasteiger partial charge < -0.3 is 15.3 Å². The Morgan fingerprint density at radius 3 is 1.43 bits per heavy atom. The summed E-state index contributed by atoms with van der Waals surface area (Å²) in [5.41, 5.74) is 3.97. The van der Waals surface area contributed by atoms with Crippen LogP contribution in [0.15, 0.2) is 84.9 Å². The zero-order chi connectivity index (χ0) is 24.4. The van der Waals surface area contributed by atoms with E-state index in [1.807, 2.05) is 49.4 Å². The van der Waals surface area contributed by atoms with E-state index >= 15 is 0 Å². The van der Waals surface area contributed by atoms with Gasteiger partial charge in [0.05, 0.1) is 0 Å². The molecule has 4 aliphatic carbocycles. The van der Waals surface area contributed by atoms with Crippen molar-refractivity contribution in [2.24, 2.45) is 23.7 Å². The van der Waals surface area contributed by atoms with Crippen molar-refractivity contribution in [1.29, 1.82) is 0 Å². The van der Waals surface area contributed by atoms with E-state index in [0.29, 0.717) is 29.1 Å². The van der Waals surface area contributed by atoms with E-state index in [1.165, 1.54) is 48.8 Å². The number of hydrogen-bond donors (Lipinski definition) is 3. The maximum Gasteiger partial charge on any atom is 0.115 e. The lowest BCUT2D eigenvalue weighted by Gasteiger charge is -2.62. The SMILES string of the molecule is CC=CCc1ccc(O)cc1.Oc1ccc(C2(c3ccc(O)cc3)C3CC4CC(C3)CC2C4)cc1. The first kappa shape index (κ1) is 23.5. The van der Waals surface area contributed by atoms with Gasteiger partial charge >= 0.3 is 0 Å². The van der Waals surface area contributed by atoms with Crippen LogP contribution in [0.1, 0.15) is 55.7 Å². The molecule has 4 aliphatic rings. The molecule has 0 spiro atoms. The zero-order valence-electron chi connectivity index (χ0n) is 20.5. The molecule has 0 atom stereocenters. The number of rotatable bonds is 4. The molecule has 0 unspecified atom stereocenters. The molecule has 0 radical (unpaired) electrons. The summed E-state index contributed by atoms with van der Waals surface area (Å²) in [7, 11) is 0. The van der Waals surface area contributed by atoms with Crippen LogP contribution in [0.4, 0.5) is 0 Å². The first-order chi connectivity index (χ1) is 17.0. The van der Waals surface area contributed by atoms with Crippen LogP contribution in [-0.4, -0.2) is 15.3 Å². The number of aromatic hydroxyl groups is 3. The number of phenolic OH excluding ortho intramolecular Hbond substituents is 3. The topological polar surface area (TPSA) is 60.7 Å². The van der Waals surface area contributed by atoms with Gasteiger partial charge in [-0.1, -0.05) is 48.6 Å². The highest BCUT2D eigenvalue weighted by Gasteiger charge is 2.58. The van der Waals surface area contributed by atoms with E-state index in [9.17, 15) is 10.2 Å². The first-order valence-electron chi connectivity index (χ1n) is 13.0. The van der Waals surface area contributed by atoms with E-state index in [0.717, 1.165) is 18.3 Å². The Bertz CT molecular complexity index is 1070. The molecule has 3 aromatic carbocycles. The number of benzene rings is 3. The highest BCUT2D eigenvalue weighted by atomic mass is 16.3. The summed E-state index contributed by atoms with van der Waals surface area (Å²) >= 11 is 0. The lowest BCUT2D eigenvalue weighted by molar-refractivity contribution is -0.0418. The first-order valence-corrected chi connectivity index (χ1v) is 13.0. The fourth-order valence-corrected chi connectivity index (χ4v) is 7.40. The van der Waals surface area contributed by atoms with E-state index < -0.39 is 0 Å². The molecule has 0 heterocycles. The fourth-order valence-electron chi connectivity index (χ4n) is 7.40. The second-order valence-electron chi connectivity index (χ2n) is 10.7. The Morgan fingerprint density at radius 1 is 0.629 bits per heavy atom. The molecule has 3 N–H and O–H groups in total. The molecule has 0 aromatic heterocycles. The predicted octanol–water partition coefficient (Wildman–Crippen LogP) is 7.35. The number of hydrogen-bond acceptors (Lipinski definition) is 3. The van der Waals surface area contributed by atoms with E-state index in [-0.39, 0.29) is 5.41 Å². The molecule has 3 nitrogen and oxygen atoms in total. The Balaban J connectivity index is 0.000000195. The molecule has 0 amide bonds. The largest absolute Gasteiger partial charge is 0.508 e. The molecule has 4 fully saturated rings. The molecule has 4 saturated carbocycles. The molecule has 3 aromatic rings. The molecule has 0 saturated heterocycles. The van der Waals surface area contributed by atoms with Crippen LogP contribution in [0.25, 0.3) is 0 Å². The third-order valence-corrected chi connectivity index (χ3v) is 8.64. The maximum absolute atomic E-state index is 9.76. The van der Waals surface area contributed by atoms with Crippen LogP contribution < -0.4 is 0 Å². The second-order valence-corrected chi connectivity index (χ2v) is 10.7. The Labute approximate surface area is 208 Å². The summed E-state index contributed by atoms with van der Waals surface area (Å²) in [5.74, 6) is 4.19. The summed E-state index contributed by atoms with van der Waals surface area (Å²) in [5, 5.41) is 28.5.